The van der Waals surface area contributed by atoms with Gasteiger partial charge in [-0.05, 0) is 18.6 Å². The molecule has 2 rings (SSSR count). The molecule has 3 N–H and O–H groups in total. The van der Waals surface area contributed by atoms with E-state index in [4.69, 9.17) is 18.9 Å². The van der Waals surface area contributed by atoms with Gasteiger partial charge >= 0.3 is 0 Å². The summed E-state index contributed by atoms with van der Waals surface area (Å²) < 4.78 is 21.4. The van der Waals surface area contributed by atoms with Gasteiger partial charge in [-0.1, -0.05) is 0 Å². The van der Waals surface area contributed by atoms with E-state index in [0.29, 0.717) is 62.9 Å². The van der Waals surface area contributed by atoms with E-state index in [1.54, 1.807) is 20.3 Å². The summed E-state index contributed by atoms with van der Waals surface area (Å²) >= 11 is 0. The highest BCUT2D eigenvalue weighted by molar-refractivity contribution is 5.96. The molecular formula is C18H28N2O6. The molecule has 0 aliphatic carbocycles. The average molecular weight is 368 g/mol. The molecule has 1 amide bonds. The fourth-order valence-electron chi connectivity index (χ4n) is 2.61. The first-order valence-electron chi connectivity index (χ1n) is 8.73. The molecule has 1 aromatic carbocycles. The molecule has 8 nitrogen and oxygen atoms in total. The lowest BCUT2D eigenvalue weighted by molar-refractivity contribution is -0.116. The molecule has 8 heteroatoms. The molecule has 146 valence electrons. The van der Waals surface area contributed by atoms with E-state index in [1.807, 2.05) is 6.07 Å². The highest BCUT2D eigenvalue weighted by Gasteiger charge is 2.23. The zero-order valence-electron chi connectivity index (χ0n) is 15.4. The van der Waals surface area contributed by atoms with Gasteiger partial charge in [-0.2, -0.15) is 0 Å². The molecule has 0 aromatic heterocycles. The van der Waals surface area contributed by atoms with Crippen LogP contribution >= 0.6 is 0 Å². The fraction of sp³-hybridized carbons (Fsp3) is 0.611. The Bertz CT molecular complexity index is 581. The van der Waals surface area contributed by atoms with Gasteiger partial charge in [0, 0.05) is 39.3 Å². The number of carbonyl (C=O) groups excluding carboxylic acids is 1. The summed E-state index contributed by atoms with van der Waals surface area (Å²) in [6.45, 7) is 2.69. The van der Waals surface area contributed by atoms with E-state index in [-0.39, 0.29) is 12.5 Å². The second kappa shape index (κ2) is 11.0. The summed E-state index contributed by atoms with van der Waals surface area (Å²) in [6.07, 6.45) is 0.324. The van der Waals surface area contributed by atoms with Gasteiger partial charge in [0.15, 0.2) is 0 Å². The largest absolute Gasteiger partial charge is 0.490 e. The predicted octanol–water partition coefficient (Wildman–Crippen LogP) is 0.572. The Labute approximate surface area is 153 Å². The normalized spacial score (nSPS) is 14.5. The maximum absolute atomic E-state index is 11.8. The van der Waals surface area contributed by atoms with Gasteiger partial charge in [0.05, 0.1) is 18.9 Å². The van der Waals surface area contributed by atoms with E-state index >= 15 is 0 Å². The van der Waals surface area contributed by atoms with Gasteiger partial charge in [0.25, 0.3) is 0 Å². The van der Waals surface area contributed by atoms with E-state index in [1.165, 1.54) is 0 Å². The van der Waals surface area contributed by atoms with Crippen molar-refractivity contribution < 1.29 is 28.8 Å². The minimum atomic E-state index is -0.640. The zero-order chi connectivity index (χ0) is 18.8. The van der Waals surface area contributed by atoms with Gasteiger partial charge in [-0.25, -0.2) is 0 Å². The molecule has 1 unspecified atom stereocenters. The number of rotatable bonds is 12. The van der Waals surface area contributed by atoms with Gasteiger partial charge in [-0.15, -0.1) is 0 Å². The highest BCUT2D eigenvalue weighted by atomic mass is 16.5. The van der Waals surface area contributed by atoms with Crippen molar-refractivity contribution in [1.82, 2.24) is 5.32 Å². The second-order valence-corrected chi connectivity index (χ2v) is 5.97. The SMILES string of the molecule is COCCNCC(O)COc1ccc(OCCOC)c2c1CCC(=O)N2. The minimum Gasteiger partial charge on any atom is -0.490 e. The van der Waals surface area contributed by atoms with E-state index < -0.39 is 6.10 Å². The number of aliphatic hydroxyl groups is 1. The van der Waals surface area contributed by atoms with Crippen LogP contribution in [0, 0.1) is 0 Å². The third-order valence-electron chi connectivity index (χ3n) is 3.94. The number of hydrogen-bond donors (Lipinski definition) is 3. The summed E-state index contributed by atoms with van der Waals surface area (Å²) in [7, 11) is 3.23. The first-order chi connectivity index (χ1) is 12.7. The molecule has 0 saturated heterocycles. The summed E-state index contributed by atoms with van der Waals surface area (Å²) in [4.78, 5) is 11.8. The molecule has 0 fully saturated rings. The Hall–Kier alpha value is -1.87. The Balaban J connectivity index is 1.98. The van der Waals surface area contributed by atoms with E-state index in [2.05, 4.69) is 10.6 Å². The maximum Gasteiger partial charge on any atom is 0.224 e. The number of aliphatic hydroxyl groups excluding tert-OH is 1. The molecule has 0 bridgehead atoms. The minimum absolute atomic E-state index is 0.0476. The van der Waals surface area contributed by atoms with Crippen LogP contribution in [-0.2, 0) is 20.7 Å². The monoisotopic (exact) mass is 368 g/mol. The van der Waals surface area contributed by atoms with E-state index in [9.17, 15) is 9.90 Å². The number of hydrogen-bond acceptors (Lipinski definition) is 7. The highest BCUT2D eigenvalue weighted by Crippen LogP contribution is 2.38. The Morgan fingerprint density at radius 3 is 2.65 bits per heavy atom. The quantitative estimate of drug-likeness (QED) is 0.464. The van der Waals surface area contributed by atoms with Crippen molar-refractivity contribution in [3.05, 3.63) is 17.7 Å². The molecule has 0 saturated carbocycles. The van der Waals surface area contributed by atoms with Crippen molar-refractivity contribution in [3.63, 3.8) is 0 Å². The first kappa shape index (κ1) is 20.4. The average Bonchev–Trinajstić information content (AvgIpc) is 2.64. The summed E-state index contributed by atoms with van der Waals surface area (Å²) in [5.41, 5.74) is 1.53. The van der Waals surface area contributed by atoms with Crippen molar-refractivity contribution in [3.8, 4) is 11.5 Å². The maximum atomic E-state index is 11.8. The van der Waals surface area contributed by atoms with Crippen LogP contribution in [0.2, 0.25) is 0 Å². The molecule has 26 heavy (non-hydrogen) atoms. The van der Waals surface area contributed by atoms with Gasteiger partial charge < -0.3 is 34.7 Å². The topological polar surface area (TPSA) is 98.3 Å². The standard InChI is InChI=1S/C18H28N2O6/c1-23-8-7-19-11-13(21)12-26-15-4-5-16(25-10-9-24-2)18-14(15)3-6-17(22)20-18/h4-5,13,19,21H,3,6-12H2,1-2H3,(H,20,22). The number of anilines is 1. The number of ether oxygens (including phenoxy) is 4. The van der Waals surface area contributed by atoms with Crippen molar-refractivity contribution in [2.75, 3.05) is 59.1 Å². The van der Waals surface area contributed by atoms with Crippen molar-refractivity contribution in [2.45, 2.75) is 18.9 Å². The Kier molecular flexibility index (Phi) is 8.63. The number of fused-ring (bicyclic) bond motifs is 1. The molecular weight excluding hydrogens is 340 g/mol. The number of nitrogens with one attached hydrogen (secondary N) is 2. The molecule has 1 atom stereocenters. The van der Waals surface area contributed by atoms with Crippen LogP contribution in [0.5, 0.6) is 11.5 Å². The molecule has 1 aromatic rings. The summed E-state index contributed by atoms with van der Waals surface area (Å²) in [5, 5.41) is 16.0. The lowest BCUT2D eigenvalue weighted by Crippen LogP contribution is -2.33. The van der Waals surface area contributed by atoms with Gasteiger partial charge in [0.1, 0.15) is 30.8 Å². The van der Waals surface area contributed by atoms with Gasteiger partial charge in [-0.3, -0.25) is 4.79 Å². The molecule has 1 heterocycles. The molecule has 1 aliphatic rings. The Morgan fingerprint density at radius 1 is 1.12 bits per heavy atom. The van der Waals surface area contributed by atoms with Crippen LogP contribution in [0.15, 0.2) is 12.1 Å². The van der Waals surface area contributed by atoms with Crippen molar-refractivity contribution in [2.24, 2.45) is 0 Å². The molecule has 0 radical (unpaired) electrons. The number of benzene rings is 1. The van der Waals surface area contributed by atoms with Crippen LogP contribution in [0.3, 0.4) is 0 Å². The van der Waals surface area contributed by atoms with Gasteiger partial charge in [0.2, 0.25) is 5.91 Å². The Morgan fingerprint density at radius 2 is 1.88 bits per heavy atom. The molecule has 1 aliphatic heterocycles. The van der Waals surface area contributed by atoms with Crippen molar-refractivity contribution in [1.29, 1.82) is 0 Å². The third kappa shape index (κ3) is 6.14. The first-order valence-corrected chi connectivity index (χ1v) is 8.73. The molecule has 0 spiro atoms. The second-order valence-electron chi connectivity index (χ2n) is 5.97. The van der Waals surface area contributed by atoms with Crippen LogP contribution in [0.4, 0.5) is 5.69 Å². The van der Waals surface area contributed by atoms with Crippen LogP contribution in [0.25, 0.3) is 0 Å². The zero-order valence-corrected chi connectivity index (χ0v) is 15.4. The summed E-state index contributed by atoms with van der Waals surface area (Å²) in [6, 6.07) is 3.57. The van der Waals surface area contributed by atoms with Crippen LogP contribution in [-0.4, -0.2) is 70.9 Å². The number of methoxy groups -OCH3 is 2. The number of amides is 1. The van der Waals surface area contributed by atoms with E-state index in [0.717, 1.165) is 5.56 Å². The lowest BCUT2D eigenvalue weighted by Gasteiger charge is -2.23. The van der Waals surface area contributed by atoms with Crippen molar-refractivity contribution >= 4 is 11.6 Å². The lowest BCUT2D eigenvalue weighted by atomic mass is 10.0. The number of carbonyl (C=O) groups is 1. The fourth-order valence-corrected chi connectivity index (χ4v) is 2.61. The third-order valence-corrected chi connectivity index (χ3v) is 3.94. The smallest absolute Gasteiger partial charge is 0.224 e. The van der Waals surface area contributed by atoms with Crippen LogP contribution < -0.4 is 20.1 Å². The summed E-state index contributed by atoms with van der Waals surface area (Å²) in [5.74, 6) is 1.20. The van der Waals surface area contributed by atoms with Crippen LogP contribution in [0.1, 0.15) is 12.0 Å². The predicted molar refractivity (Wildman–Crippen MR) is 97.0 cm³/mol.